The van der Waals surface area contributed by atoms with E-state index in [1.54, 1.807) is 13.3 Å². The molecule has 0 aromatic carbocycles. The zero-order valence-electron chi connectivity index (χ0n) is 11.1. The highest BCUT2D eigenvalue weighted by Gasteiger charge is 2.18. The van der Waals surface area contributed by atoms with Gasteiger partial charge in [0.1, 0.15) is 0 Å². The van der Waals surface area contributed by atoms with Crippen molar-refractivity contribution in [2.24, 2.45) is 5.92 Å². The normalized spacial score (nSPS) is 18.1. The molecule has 0 saturated carbocycles. The molecule has 0 aliphatic carbocycles. The van der Waals surface area contributed by atoms with Crippen LogP contribution in [0.2, 0.25) is 0 Å². The van der Waals surface area contributed by atoms with Gasteiger partial charge in [0.25, 0.3) is 0 Å². The zero-order valence-corrected chi connectivity index (χ0v) is 11.1. The highest BCUT2D eigenvalue weighted by molar-refractivity contribution is 5.34. The van der Waals surface area contributed by atoms with E-state index in [4.69, 9.17) is 10.5 Å². The van der Waals surface area contributed by atoms with Gasteiger partial charge in [-0.05, 0) is 44.0 Å². The third-order valence-corrected chi connectivity index (χ3v) is 3.64. The molecule has 1 aromatic rings. The van der Waals surface area contributed by atoms with E-state index in [9.17, 15) is 0 Å². The monoisotopic (exact) mass is 249 g/mol. The van der Waals surface area contributed by atoms with Crippen molar-refractivity contribution in [1.29, 1.82) is 0 Å². The number of ether oxygens (including phenoxy) is 1. The van der Waals surface area contributed by atoms with Crippen LogP contribution in [0.3, 0.4) is 0 Å². The molecular weight excluding hydrogens is 226 g/mol. The van der Waals surface area contributed by atoms with Gasteiger partial charge in [-0.25, -0.2) is 0 Å². The molecule has 4 nitrogen and oxygen atoms in total. The molecule has 0 radical (unpaired) electrons. The number of hydrogen-bond acceptors (Lipinski definition) is 4. The molecule has 0 atom stereocenters. The van der Waals surface area contributed by atoms with Crippen LogP contribution in [-0.4, -0.2) is 43.2 Å². The van der Waals surface area contributed by atoms with E-state index in [0.717, 1.165) is 36.9 Å². The van der Waals surface area contributed by atoms with E-state index in [1.807, 2.05) is 12.1 Å². The first-order valence-corrected chi connectivity index (χ1v) is 6.69. The molecule has 1 aromatic heterocycles. The summed E-state index contributed by atoms with van der Waals surface area (Å²) < 4.78 is 5.22. The molecule has 1 aliphatic heterocycles. The molecule has 0 amide bonds. The first-order valence-electron chi connectivity index (χ1n) is 6.69. The lowest BCUT2D eigenvalue weighted by Crippen LogP contribution is -2.36. The zero-order chi connectivity index (χ0) is 12.8. The molecule has 100 valence electrons. The van der Waals surface area contributed by atoms with Gasteiger partial charge in [-0.2, -0.15) is 0 Å². The molecule has 2 N–H and O–H groups in total. The van der Waals surface area contributed by atoms with E-state index in [-0.39, 0.29) is 0 Å². The number of pyridine rings is 1. The highest BCUT2D eigenvalue weighted by Crippen LogP contribution is 2.17. The minimum Gasteiger partial charge on any atom is -0.397 e. The minimum absolute atomic E-state index is 0.735. The van der Waals surface area contributed by atoms with Crippen LogP contribution in [0.4, 0.5) is 5.69 Å². The van der Waals surface area contributed by atoms with Gasteiger partial charge in [-0.3, -0.25) is 4.98 Å². The lowest BCUT2D eigenvalue weighted by atomic mass is 9.97. The molecule has 0 bridgehead atoms. The molecule has 2 rings (SSSR count). The van der Waals surface area contributed by atoms with Crippen molar-refractivity contribution in [3.8, 4) is 0 Å². The summed E-state index contributed by atoms with van der Waals surface area (Å²) in [7, 11) is 1.79. The fourth-order valence-corrected chi connectivity index (χ4v) is 2.47. The number of nitrogens with two attached hydrogens (primary N) is 1. The van der Waals surface area contributed by atoms with Crippen LogP contribution in [-0.2, 0) is 11.2 Å². The first-order chi connectivity index (χ1) is 8.78. The van der Waals surface area contributed by atoms with E-state index < -0.39 is 0 Å². The second-order valence-corrected chi connectivity index (χ2v) is 5.07. The van der Waals surface area contributed by atoms with Gasteiger partial charge >= 0.3 is 0 Å². The summed E-state index contributed by atoms with van der Waals surface area (Å²) >= 11 is 0. The van der Waals surface area contributed by atoms with Crippen molar-refractivity contribution in [3.05, 3.63) is 24.0 Å². The van der Waals surface area contributed by atoms with Crippen molar-refractivity contribution < 1.29 is 4.74 Å². The summed E-state index contributed by atoms with van der Waals surface area (Å²) in [6, 6.07) is 3.94. The number of piperidine rings is 1. The Morgan fingerprint density at radius 1 is 1.39 bits per heavy atom. The summed E-state index contributed by atoms with van der Waals surface area (Å²) in [5.74, 6) is 0.751. The Morgan fingerprint density at radius 3 is 2.78 bits per heavy atom. The summed E-state index contributed by atoms with van der Waals surface area (Å²) in [6.45, 7) is 4.37. The Labute approximate surface area is 109 Å². The average molecular weight is 249 g/mol. The second kappa shape index (κ2) is 6.71. The predicted octanol–water partition coefficient (Wildman–Crippen LogP) is 1.56. The fraction of sp³-hybridized carbons (Fsp3) is 0.643. The lowest BCUT2D eigenvalue weighted by Gasteiger charge is -2.31. The van der Waals surface area contributed by atoms with Gasteiger partial charge in [-0.1, -0.05) is 0 Å². The number of nitrogen functional groups attached to an aromatic ring is 1. The maximum atomic E-state index is 5.62. The van der Waals surface area contributed by atoms with Crippen LogP contribution in [0.25, 0.3) is 0 Å². The van der Waals surface area contributed by atoms with E-state index in [1.165, 1.54) is 25.9 Å². The van der Waals surface area contributed by atoms with Gasteiger partial charge in [-0.15, -0.1) is 0 Å². The third kappa shape index (κ3) is 3.96. The molecule has 18 heavy (non-hydrogen) atoms. The number of anilines is 1. The molecule has 1 aliphatic rings. The van der Waals surface area contributed by atoms with Crippen molar-refractivity contribution >= 4 is 5.69 Å². The van der Waals surface area contributed by atoms with Gasteiger partial charge < -0.3 is 15.4 Å². The number of rotatable bonds is 5. The third-order valence-electron chi connectivity index (χ3n) is 3.64. The Bertz CT molecular complexity index is 345. The van der Waals surface area contributed by atoms with Crippen LogP contribution in [0.15, 0.2) is 18.3 Å². The SMILES string of the molecule is COCC1CCN(CCc2ccc(N)cn2)CC1. The Hall–Kier alpha value is -1.13. The Balaban J connectivity index is 1.70. The van der Waals surface area contributed by atoms with Crippen LogP contribution >= 0.6 is 0 Å². The van der Waals surface area contributed by atoms with Crippen LogP contribution in [0.5, 0.6) is 0 Å². The predicted molar refractivity (Wildman–Crippen MR) is 73.4 cm³/mol. The standard InChI is InChI=1S/C14H23N3O/c1-18-11-12-4-7-17(8-5-12)9-6-14-3-2-13(15)10-16-14/h2-3,10,12H,4-9,11,15H2,1H3. The van der Waals surface area contributed by atoms with Crippen molar-refractivity contribution in [2.75, 3.05) is 39.1 Å². The van der Waals surface area contributed by atoms with Gasteiger partial charge in [0.05, 0.1) is 11.9 Å². The lowest BCUT2D eigenvalue weighted by molar-refractivity contribution is 0.0999. The van der Waals surface area contributed by atoms with Crippen LogP contribution in [0.1, 0.15) is 18.5 Å². The Kier molecular flexibility index (Phi) is 4.96. The van der Waals surface area contributed by atoms with Crippen LogP contribution in [0, 0.1) is 5.92 Å². The van der Waals surface area contributed by atoms with Crippen molar-refractivity contribution in [3.63, 3.8) is 0 Å². The molecule has 4 heteroatoms. The van der Waals surface area contributed by atoms with Crippen molar-refractivity contribution in [1.82, 2.24) is 9.88 Å². The molecule has 2 heterocycles. The van der Waals surface area contributed by atoms with Gasteiger partial charge in [0, 0.05) is 32.4 Å². The quantitative estimate of drug-likeness (QED) is 0.860. The maximum absolute atomic E-state index is 5.62. The average Bonchev–Trinajstić information content (AvgIpc) is 2.40. The van der Waals surface area contributed by atoms with Gasteiger partial charge in [0.15, 0.2) is 0 Å². The summed E-state index contributed by atoms with van der Waals surface area (Å²) in [5.41, 5.74) is 7.49. The fourth-order valence-electron chi connectivity index (χ4n) is 2.47. The smallest absolute Gasteiger partial charge is 0.0501 e. The molecule has 0 unspecified atom stereocenters. The van der Waals surface area contributed by atoms with E-state index in [2.05, 4.69) is 9.88 Å². The number of hydrogen-bond donors (Lipinski definition) is 1. The van der Waals surface area contributed by atoms with E-state index in [0.29, 0.717) is 0 Å². The maximum Gasteiger partial charge on any atom is 0.0501 e. The van der Waals surface area contributed by atoms with E-state index >= 15 is 0 Å². The summed E-state index contributed by atoms with van der Waals surface area (Å²) in [4.78, 5) is 6.85. The number of methoxy groups -OCH3 is 1. The number of nitrogens with zero attached hydrogens (tertiary/aromatic N) is 2. The second-order valence-electron chi connectivity index (χ2n) is 5.07. The minimum atomic E-state index is 0.735. The van der Waals surface area contributed by atoms with Crippen LogP contribution < -0.4 is 5.73 Å². The summed E-state index contributed by atoms with van der Waals surface area (Å²) in [6.07, 6.45) is 5.25. The first kappa shape index (κ1) is 13.3. The molecule has 1 saturated heterocycles. The summed E-state index contributed by atoms with van der Waals surface area (Å²) in [5, 5.41) is 0. The number of likely N-dealkylation sites (tertiary alicyclic amines) is 1. The van der Waals surface area contributed by atoms with Crippen molar-refractivity contribution in [2.45, 2.75) is 19.3 Å². The Morgan fingerprint density at radius 2 is 2.17 bits per heavy atom. The van der Waals surface area contributed by atoms with Gasteiger partial charge in [0.2, 0.25) is 0 Å². The largest absolute Gasteiger partial charge is 0.397 e. The molecular formula is C14H23N3O. The number of aromatic nitrogens is 1. The highest BCUT2D eigenvalue weighted by atomic mass is 16.5. The molecule has 1 fully saturated rings. The molecule has 0 spiro atoms. The topological polar surface area (TPSA) is 51.4 Å².